The minimum atomic E-state index is -0.0666. The summed E-state index contributed by atoms with van der Waals surface area (Å²) in [6, 6.07) is 0. The molecule has 0 radical (unpaired) electrons. The van der Waals surface area contributed by atoms with E-state index in [0.29, 0.717) is 11.8 Å². The molecule has 2 rings (SSSR count). The zero-order valence-corrected chi connectivity index (χ0v) is 12.1. The lowest BCUT2D eigenvalue weighted by Gasteiger charge is -2.34. The largest absolute Gasteiger partial charge is 0.340 e. The average molecular weight is 288 g/mol. The van der Waals surface area contributed by atoms with Gasteiger partial charge in [0.1, 0.15) is 0 Å². The van der Waals surface area contributed by atoms with Gasteiger partial charge < -0.3 is 4.90 Å². The molecule has 0 heterocycles. The van der Waals surface area contributed by atoms with Gasteiger partial charge in [-0.25, -0.2) is 0 Å². The number of carbonyl (C=O) groups is 1. The van der Waals surface area contributed by atoms with Crippen molar-refractivity contribution in [3.8, 4) is 0 Å². The molecule has 0 bridgehead atoms. The Morgan fingerprint density at radius 1 is 1.31 bits per heavy atom. The van der Waals surface area contributed by atoms with Crippen molar-refractivity contribution in [3.05, 3.63) is 0 Å². The van der Waals surface area contributed by atoms with Gasteiger partial charge in [-0.15, -0.1) is 0 Å². The predicted molar refractivity (Wildman–Crippen MR) is 69.6 cm³/mol. The van der Waals surface area contributed by atoms with Gasteiger partial charge in [-0.05, 0) is 38.5 Å². The minimum Gasteiger partial charge on any atom is -0.340 e. The zero-order valence-electron chi connectivity index (χ0n) is 10.5. The van der Waals surface area contributed by atoms with Crippen LogP contribution in [0.5, 0.6) is 0 Å². The quantitative estimate of drug-likeness (QED) is 0.731. The molecule has 0 spiro atoms. The molecular formula is C13H22BrNO. The lowest BCUT2D eigenvalue weighted by molar-refractivity contribution is -0.135. The van der Waals surface area contributed by atoms with Gasteiger partial charge in [0.15, 0.2) is 0 Å². The summed E-state index contributed by atoms with van der Waals surface area (Å²) in [7, 11) is 1.95. The Morgan fingerprint density at radius 3 is 2.25 bits per heavy atom. The third-order valence-corrected chi connectivity index (χ3v) is 5.88. The topological polar surface area (TPSA) is 20.3 Å². The number of amides is 1. The summed E-state index contributed by atoms with van der Waals surface area (Å²) < 4.78 is 0. The second kappa shape index (κ2) is 4.32. The summed E-state index contributed by atoms with van der Waals surface area (Å²) >= 11 is 3.49. The maximum atomic E-state index is 12.4. The Labute approximate surface area is 107 Å². The molecule has 0 aliphatic heterocycles. The Morgan fingerprint density at radius 2 is 1.81 bits per heavy atom. The first-order chi connectivity index (χ1) is 7.49. The van der Waals surface area contributed by atoms with E-state index >= 15 is 0 Å². The van der Waals surface area contributed by atoms with Crippen molar-refractivity contribution in [2.75, 3.05) is 12.4 Å². The molecule has 0 N–H and O–H groups in total. The van der Waals surface area contributed by atoms with Crippen LogP contribution in [0.1, 0.15) is 39.5 Å². The Balaban J connectivity index is 1.98. The van der Waals surface area contributed by atoms with Gasteiger partial charge in [-0.3, -0.25) is 4.79 Å². The highest BCUT2D eigenvalue weighted by molar-refractivity contribution is 9.09. The summed E-state index contributed by atoms with van der Waals surface area (Å²) in [5.74, 6) is 2.16. The number of fused-ring (bicyclic) bond motifs is 1. The molecule has 0 aromatic carbocycles. The van der Waals surface area contributed by atoms with Crippen LogP contribution in [-0.4, -0.2) is 28.7 Å². The van der Waals surface area contributed by atoms with Crippen LogP contribution >= 0.6 is 15.9 Å². The number of nitrogens with zero attached hydrogens (tertiary/aromatic N) is 1. The summed E-state index contributed by atoms with van der Waals surface area (Å²) in [5, 5.41) is 0.838. The lowest BCUT2D eigenvalue weighted by atomic mass is 10.0. The monoisotopic (exact) mass is 287 g/mol. The van der Waals surface area contributed by atoms with Crippen LogP contribution in [0, 0.1) is 17.8 Å². The van der Waals surface area contributed by atoms with Gasteiger partial charge in [0.25, 0.3) is 0 Å². The van der Waals surface area contributed by atoms with Crippen LogP contribution in [0.3, 0.4) is 0 Å². The van der Waals surface area contributed by atoms with Crippen molar-refractivity contribution >= 4 is 21.8 Å². The first-order valence-electron chi connectivity index (χ1n) is 6.32. The Kier molecular flexibility index (Phi) is 3.35. The highest BCUT2D eigenvalue weighted by atomic mass is 79.9. The number of hydrogen-bond acceptors (Lipinski definition) is 1. The van der Waals surface area contributed by atoms with Gasteiger partial charge >= 0.3 is 0 Å². The van der Waals surface area contributed by atoms with Crippen LogP contribution < -0.4 is 0 Å². The van der Waals surface area contributed by atoms with Crippen molar-refractivity contribution in [2.24, 2.45) is 17.8 Å². The fraction of sp³-hybridized carbons (Fsp3) is 0.923. The summed E-state index contributed by atoms with van der Waals surface area (Å²) in [4.78, 5) is 14.3. The first kappa shape index (κ1) is 12.4. The molecule has 2 fully saturated rings. The van der Waals surface area contributed by atoms with Crippen LogP contribution in [0.15, 0.2) is 0 Å². The number of alkyl halides is 1. The molecule has 1 amide bonds. The van der Waals surface area contributed by atoms with Crippen LogP contribution in [0.2, 0.25) is 0 Å². The SMILES string of the molecule is CN(C(=O)C1C2CCCCC21)C(C)(C)CBr. The number of hydrogen-bond donors (Lipinski definition) is 0. The molecule has 2 unspecified atom stereocenters. The van der Waals surface area contributed by atoms with E-state index in [4.69, 9.17) is 0 Å². The molecular weight excluding hydrogens is 266 g/mol. The summed E-state index contributed by atoms with van der Waals surface area (Å²) in [6.45, 7) is 4.23. The van der Waals surface area contributed by atoms with Crippen LogP contribution in [0.25, 0.3) is 0 Å². The third kappa shape index (κ3) is 2.03. The molecule has 2 atom stereocenters. The molecule has 3 heteroatoms. The van der Waals surface area contributed by atoms with Gasteiger partial charge in [-0.2, -0.15) is 0 Å². The number of rotatable bonds is 3. The average Bonchev–Trinajstić information content (AvgIpc) is 3.01. The van der Waals surface area contributed by atoms with Crippen LogP contribution in [0.4, 0.5) is 0 Å². The van der Waals surface area contributed by atoms with Crippen molar-refractivity contribution in [1.82, 2.24) is 4.90 Å². The van der Waals surface area contributed by atoms with Crippen molar-refractivity contribution in [3.63, 3.8) is 0 Å². The highest BCUT2D eigenvalue weighted by Crippen LogP contribution is 2.56. The summed E-state index contributed by atoms with van der Waals surface area (Å²) in [6.07, 6.45) is 5.22. The van der Waals surface area contributed by atoms with Gasteiger partial charge in [0.2, 0.25) is 5.91 Å². The van der Waals surface area contributed by atoms with E-state index in [9.17, 15) is 4.79 Å². The third-order valence-electron chi connectivity index (χ3n) is 4.51. The smallest absolute Gasteiger partial charge is 0.226 e. The van der Waals surface area contributed by atoms with E-state index in [0.717, 1.165) is 17.2 Å². The molecule has 92 valence electrons. The molecule has 2 saturated carbocycles. The minimum absolute atomic E-state index is 0.0666. The van der Waals surface area contributed by atoms with E-state index in [2.05, 4.69) is 29.8 Å². The second-order valence-electron chi connectivity index (χ2n) is 5.98. The van der Waals surface area contributed by atoms with E-state index in [1.54, 1.807) is 0 Å². The highest BCUT2D eigenvalue weighted by Gasteiger charge is 2.56. The molecule has 0 aromatic rings. The maximum Gasteiger partial charge on any atom is 0.226 e. The normalized spacial score (nSPS) is 33.1. The lowest BCUT2D eigenvalue weighted by Crippen LogP contribution is -2.47. The standard InChI is InChI=1S/C13H22BrNO/c1-13(2,8-14)15(3)12(16)11-9-6-4-5-7-10(9)11/h9-11H,4-8H2,1-3H3. The van der Waals surface area contributed by atoms with Gasteiger partial charge in [0, 0.05) is 23.8 Å². The fourth-order valence-corrected chi connectivity index (χ4v) is 3.35. The van der Waals surface area contributed by atoms with Crippen LogP contribution in [-0.2, 0) is 4.79 Å². The van der Waals surface area contributed by atoms with Crippen molar-refractivity contribution < 1.29 is 4.79 Å². The van der Waals surface area contributed by atoms with E-state index in [1.165, 1.54) is 25.7 Å². The predicted octanol–water partition coefficient (Wildman–Crippen LogP) is 3.05. The molecule has 0 saturated heterocycles. The number of carbonyl (C=O) groups excluding carboxylic acids is 1. The van der Waals surface area contributed by atoms with Gasteiger partial charge in [0.05, 0.1) is 0 Å². The molecule has 2 nitrogen and oxygen atoms in total. The van der Waals surface area contributed by atoms with Crippen molar-refractivity contribution in [1.29, 1.82) is 0 Å². The first-order valence-corrected chi connectivity index (χ1v) is 7.45. The molecule has 2 aliphatic rings. The van der Waals surface area contributed by atoms with Crippen molar-refractivity contribution in [2.45, 2.75) is 45.1 Å². The zero-order chi connectivity index (χ0) is 11.9. The van der Waals surface area contributed by atoms with E-state index in [-0.39, 0.29) is 5.54 Å². The Hall–Kier alpha value is -0.0500. The molecule has 2 aliphatic carbocycles. The summed E-state index contributed by atoms with van der Waals surface area (Å²) in [5.41, 5.74) is -0.0666. The molecule has 16 heavy (non-hydrogen) atoms. The maximum absolute atomic E-state index is 12.4. The number of halogens is 1. The Bertz CT molecular complexity index is 278. The second-order valence-corrected chi connectivity index (χ2v) is 6.54. The van der Waals surface area contributed by atoms with E-state index < -0.39 is 0 Å². The van der Waals surface area contributed by atoms with Gasteiger partial charge in [-0.1, -0.05) is 28.8 Å². The fourth-order valence-electron chi connectivity index (χ4n) is 2.97. The van der Waals surface area contributed by atoms with E-state index in [1.807, 2.05) is 11.9 Å². The molecule has 0 aromatic heterocycles.